The van der Waals surface area contributed by atoms with E-state index in [1.54, 1.807) is 0 Å². The SMILES string of the molecule is Cn1cc(C(F)(F)F)c(Cl)n1. The molecule has 0 aromatic carbocycles. The van der Waals surface area contributed by atoms with Gasteiger partial charge in [-0.05, 0) is 0 Å². The quantitative estimate of drug-likeness (QED) is 0.604. The molecular formula is C5H4ClF3N2. The zero-order valence-corrected chi connectivity index (χ0v) is 6.24. The third-order valence-electron chi connectivity index (χ3n) is 1.09. The highest BCUT2D eigenvalue weighted by Crippen LogP contribution is 2.33. The highest BCUT2D eigenvalue weighted by Gasteiger charge is 2.35. The summed E-state index contributed by atoms with van der Waals surface area (Å²) in [5.41, 5.74) is -0.901. The van der Waals surface area contributed by atoms with E-state index in [-0.39, 0.29) is 0 Å². The number of aromatic nitrogens is 2. The topological polar surface area (TPSA) is 17.8 Å². The Kier molecular flexibility index (Phi) is 1.83. The Bertz CT molecular complexity index is 265. The van der Waals surface area contributed by atoms with Crippen molar-refractivity contribution in [3.8, 4) is 0 Å². The van der Waals surface area contributed by atoms with Crippen molar-refractivity contribution in [2.45, 2.75) is 6.18 Å². The molecule has 2 nitrogen and oxygen atoms in total. The van der Waals surface area contributed by atoms with Crippen LogP contribution in [0.4, 0.5) is 13.2 Å². The van der Waals surface area contributed by atoms with E-state index < -0.39 is 16.9 Å². The lowest BCUT2D eigenvalue weighted by Crippen LogP contribution is -2.03. The first-order chi connectivity index (χ1) is 4.91. The molecule has 1 aromatic rings. The summed E-state index contributed by atoms with van der Waals surface area (Å²) in [6, 6.07) is 0. The molecule has 0 amide bonds. The molecule has 0 spiro atoms. The minimum atomic E-state index is -4.41. The number of halogens is 4. The molecule has 11 heavy (non-hydrogen) atoms. The van der Waals surface area contributed by atoms with Gasteiger partial charge in [-0.15, -0.1) is 0 Å². The molecule has 0 aliphatic heterocycles. The van der Waals surface area contributed by atoms with E-state index in [2.05, 4.69) is 5.10 Å². The van der Waals surface area contributed by atoms with Crippen LogP contribution in [0.1, 0.15) is 5.56 Å². The van der Waals surface area contributed by atoms with Crippen LogP contribution >= 0.6 is 11.6 Å². The van der Waals surface area contributed by atoms with Gasteiger partial charge in [0.25, 0.3) is 0 Å². The number of aryl methyl sites for hydroxylation is 1. The Morgan fingerprint density at radius 3 is 2.27 bits per heavy atom. The Morgan fingerprint density at radius 2 is 2.09 bits per heavy atom. The second-order valence-corrected chi connectivity index (χ2v) is 2.36. The van der Waals surface area contributed by atoms with E-state index in [9.17, 15) is 13.2 Å². The van der Waals surface area contributed by atoms with Gasteiger partial charge in [-0.1, -0.05) is 11.6 Å². The minimum absolute atomic E-state index is 0.514. The summed E-state index contributed by atoms with van der Waals surface area (Å²) >= 11 is 5.18. The molecule has 0 aliphatic rings. The average Bonchev–Trinajstić information content (AvgIpc) is 2.08. The van der Waals surface area contributed by atoms with Crippen molar-refractivity contribution in [3.63, 3.8) is 0 Å². The molecule has 0 atom stereocenters. The van der Waals surface area contributed by atoms with Crippen LogP contribution in [0.15, 0.2) is 6.20 Å². The molecule has 0 unspecified atom stereocenters. The van der Waals surface area contributed by atoms with Crippen molar-refractivity contribution in [1.82, 2.24) is 9.78 Å². The number of nitrogens with zero attached hydrogens (tertiary/aromatic N) is 2. The largest absolute Gasteiger partial charge is 0.420 e. The number of hydrogen-bond acceptors (Lipinski definition) is 1. The first kappa shape index (κ1) is 8.39. The van der Waals surface area contributed by atoms with E-state index >= 15 is 0 Å². The molecule has 0 saturated carbocycles. The van der Waals surface area contributed by atoms with Crippen LogP contribution in [0, 0.1) is 0 Å². The number of rotatable bonds is 0. The van der Waals surface area contributed by atoms with Gasteiger partial charge < -0.3 is 0 Å². The van der Waals surface area contributed by atoms with Gasteiger partial charge in [0.1, 0.15) is 5.56 Å². The highest BCUT2D eigenvalue weighted by atomic mass is 35.5. The smallest absolute Gasteiger partial charge is 0.274 e. The van der Waals surface area contributed by atoms with Gasteiger partial charge in [-0.2, -0.15) is 18.3 Å². The number of alkyl halides is 3. The van der Waals surface area contributed by atoms with Crippen molar-refractivity contribution < 1.29 is 13.2 Å². The van der Waals surface area contributed by atoms with Gasteiger partial charge in [0.2, 0.25) is 0 Å². The molecular weight excluding hydrogens is 181 g/mol. The zero-order chi connectivity index (χ0) is 8.65. The lowest BCUT2D eigenvalue weighted by Gasteiger charge is -2.00. The summed E-state index contributed by atoms with van der Waals surface area (Å²) in [4.78, 5) is 0. The maximum Gasteiger partial charge on any atom is 0.420 e. The van der Waals surface area contributed by atoms with E-state index in [1.165, 1.54) is 7.05 Å². The Hall–Kier alpha value is -0.710. The van der Waals surface area contributed by atoms with Crippen LogP contribution in [0.5, 0.6) is 0 Å². The summed E-state index contributed by atoms with van der Waals surface area (Å²) in [7, 11) is 1.38. The van der Waals surface area contributed by atoms with Crippen molar-refractivity contribution in [3.05, 3.63) is 16.9 Å². The minimum Gasteiger partial charge on any atom is -0.274 e. The van der Waals surface area contributed by atoms with Gasteiger partial charge >= 0.3 is 6.18 Å². The van der Waals surface area contributed by atoms with E-state index in [0.717, 1.165) is 10.9 Å². The van der Waals surface area contributed by atoms with Crippen LogP contribution < -0.4 is 0 Å². The third kappa shape index (κ3) is 1.65. The molecule has 1 aromatic heterocycles. The van der Waals surface area contributed by atoms with E-state index in [0.29, 0.717) is 0 Å². The van der Waals surface area contributed by atoms with Crippen molar-refractivity contribution >= 4 is 11.6 Å². The second kappa shape index (κ2) is 2.41. The van der Waals surface area contributed by atoms with Gasteiger partial charge in [0.05, 0.1) is 0 Å². The molecule has 0 aliphatic carbocycles. The molecule has 0 bridgehead atoms. The zero-order valence-electron chi connectivity index (χ0n) is 5.48. The predicted molar refractivity (Wildman–Crippen MR) is 33.2 cm³/mol. The molecule has 0 fully saturated rings. The molecule has 6 heteroatoms. The van der Waals surface area contributed by atoms with Crippen LogP contribution in [-0.2, 0) is 13.2 Å². The summed E-state index contributed by atoms with van der Waals surface area (Å²) < 4.78 is 36.8. The molecule has 0 saturated heterocycles. The molecule has 1 heterocycles. The van der Waals surface area contributed by atoms with Gasteiger partial charge in [-0.3, -0.25) is 4.68 Å². The third-order valence-corrected chi connectivity index (χ3v) is 1.37. The molecule has 62 valence electrons. The molecule has 0 radical (unpaired) electrons. The summed E-state index contributed by atoms with van der Waals surface area (Å²) in [6.07, 6.45) is -3.58. The summed E-state index contributed by atoms with van der Waals surface area (Å²) in [6.45, 7) is 0. The van der Waals surface area contributed by atoms with Crippen LogP contribution in [-0.4, -0.2) is 9.78 Å². The lowest BCUT2D eigenvalue weighted by atomic mass is 10.4. The fourth-order valence-corrected chi connectivity index (χ4v) is 0.927. The number of hydrogen-bond donors (Lipinski definition) is 0. The maximum absolute atomic E-state index is 11.9. The van der Waals surface area contributed by atoms with Crippen LogP contribution in [0.3, 0.4) is 0 Å². The van der Waals surface area contributed by atoms with E-state index in [1.807, 2.05) is 0 Å². The average molecular weight is 185 g/mol. The second-order valence-electron chi connectivity index (χ2n) is 2.01. The normalized spacial score (nSPS) is 12.1. The Balaban J connectivity index is 3.13. The summed E-state index contributed by atoms with van der Waals surface area (Å²) in [5.74, 6) is 0. The predicted octanol–water partition coefficient (Wildman–Crippen LogP) is 2.09. The van der Waals surface area contributed by atoms with Gasteiger partial charge in [0, 0.05) is 13.2 Å². The van der Waals surface area contributed by atoms with Gasteiger partial charge in [0.15, 0.2) is 5.15 Å². The van der Waals surface area contributed by atoms with Crippen molar-refractivity contribution in [2.24, 2.45) is 7.05 Å². The van der Waals surface area contributed by atoms with Crippen LogP contribution in [0.2, 0.25) is 5.15 Å². The fourth-order valence-electron chi connectivity index (χ4n) is 0.651. The highest BCUT2D eigenvalue weighted by molar-refractivity contribution is 6.30. The van der Waals surface area contributed by atoms with Crippen molar-refractivity contribution in [1.29, 1.82) is 0 Å². The lowest BCUT2D eigenvalue weighted by molar-refractivity contribution is -0.137. The van der Waals surface area contributed by atoms with E-state index in [4.69, 9.17) is 11.6 Å². The van der Waals surface area contributed by atoms with Crippen molar-refractivity contribution in [2.75, 3.05) is 0 Å². The van der Waals surface area contributed by atoms with Crippen LogP contribution in [0.25, 0.3) is 0 Å². The molecule has 0 N–H and O–H groups in total. The standard InChI is InChI=1S/C5H4ClF3N2/c1-11-2-3(4(6)10-11)5(7,8)9/h2H,1H3. The van der Waals surface area contributed by atoms with Gasteiger partial charge in [-0.25, -0.2) is 0 Å². The monoisotopic (exact) mass is 184 g/mol. The Morgan fingerprint density at radius 1 is 1.55 bits per heavy atom. The first-order valence-corrected chi connectivity index (χ1v) is 3.05. The summed E-state index contributed by atoms with van der Waals surface area (Å²) in [5, 5.41) is 2.83. The molecule has 1 rings (SSSR count). The first-order valence-electron chi connectivity index (χ1n) is 2.67. The Labute approximate surface area is 65.6 Å². The maximum atomic E-state index is 11.9. The fraction of sp³-hybridized carbons (Fsp3) is 0.400.